The molecule has 1 amide bonds. The lowest BCUT2D eigenvalue weighted by molar-refractivity contribution is -0.0950. The Kier molecular flexibility index (Phi) is 3.82. The molecule has 5 nitrogen and oxygen atoms in total. The Bertz CT molecular complexity index is 350. The van der Waals surface area contributed by atoms with Crippen molar-refractivity contribution in [1.82, 2.24) is 5.06 Å². The van der Waals surface area contributed by atoms with Gasteiger partial charge in [0.1, 0.15) is 6.54 Å². The third-order valence-corrected chi connectivity index (χ3v) is 1.82. The van der Waals surface area contributed by atoms with Crippen LogP contribution in [0.25, 0.3) is 0 Å². The fraction of sp³-hybridized carbons (Fsp3) is 0.200. The van der Waals surface area contributed by atoms with Crippen LogP contribution < -0.4 is 0 Å². The maximum absolute atomic E-state index is 11.5. The average Bonchev–Trinajstić information content (AvgIpc) is 2.26. The minimum Gasteiger partial charge on any atom is -0.463 e. The standard InChI is InChI=1S/C10H11NO4/c1-15-11(10(13)14)7-9(12)8-5-3-2-4-6-8/h2-6H,7H2,1H3,(H,13,14). The van der Waals surface area contributed by atoms with Gasteiger partial charge in [0.05, 0.1) is 7.11 Å². The van der Waals surface area contributed by atoms with Gasteiger partial charge in [0.15, 0.2) is 5.78 Å². The van der Waals surface area contributed by atoms with Crippen LogP contribution in [0, 0.1) is 0 Å². The van der Waals surface area contributed by atoms with E-state index in [4.69, 9.17) is 5.11 Å². The first-order valence-electron chi connectivity index (χ1n) is 4.28. The van der Waals surface area contributed by atoms with Crippen LogP contribution in [0.15, 0.2) is 30.3 Å². The molecule has 0 atom stereocenters. The molecule has 0 heterocycles. The lowest BCUT2D eigenvalue weighted by Gasteiger charge is -2.14. The number of hydrogen-bond donors (Lipinski definition) is 1. The van der Waals surface area contributed by atoms with Gasteiger partial charge < -0.3 is 5.11 Å². The van der Waals surface area contributed by atoms with Crippen molar-refractivity contribution in [3.05, 3.63) is 35.9 Å². The highest BCUT2D eigenvalue weighted by Gasteiger charge is 2.16. The van der Waals surface area contributed by atoms with Gasteiger partial charge in [-0.3, -0.25) is 9.63 Å². The summed E-state index contributed by atoms with van der Waals surface area (Å²) in [5, 5.41) is 9.20. The fourth-order valence-corrected chi connectivity index (χ4v) is 1.06. The van der Waals surface area contributed by atoms with E-state index in [9.17, 15) is 9.59 Å². The van der Waals surface area contributed by atoms with Crippen LogP contribution in [0.1, 0.15) is 10.4 Å². The molecule has 0 spiro atoms. The summed E-state index contributed by atoms with van der Waals surface area (Å²) in [6.45, 7) is -0.310. The molecule has 5 heteroatoms. The van der Waals surface area contributed by atoms with Crippen molar-refractivity contribution in [3.8, 4) is 0 Å². The zero-order valence-corrected chi connectivity index (χ0v) is 8.21. The molecule has 15 heavy (non-hydrogen) atoms. The van der Waals surface area contributed by atoms with E-state index >= 15 is 0 Å². The van der Waals surface area contributed by atoms with Gasteiger partial charge in [0.25, 0.3) is 0 Å². The van der Waals surface area contributed by atoms with Crippen molar-refractivity contribution >= 4 is 11.9 Å². The number of carbonyl (C=O) groups excluding carboxylic acids is 1. The summed E-state index contributed by atoms with van der Waals surface area (Å²) in [6, 6.07) is 8.45. The zero-order chi connectivity index (χ0) is 11.3. The Hall–Kier alpha value is -1.88. The van der Waals surface area contributed by atoms with Gasteiger partial charge in [-0.25, -0.2) is 4.79 Å². The first-order valence-corrected chi connectivity index (χ1v) is 4.28. The van der Waals surface area contributed by atoms with Gasteiger partial charge in [-0.05, 0) is 0 Å². The van der Waals surface area contributed by atoms with Gasteiger partial charge in [0, 0.05) is 5.56 Å². The van der Waals surface area contributed by atoms with Crippen LogP contribution in [-0.4, -0.2) is 35.7 Å². The van der Waals surface area contributed by atoms with Crippen molar-refractivity contribution < 1.29 is 19.5 Å². The minimum absolute atomic E-state index is 0.306. The van der Waals surface area contributed by atoms with Crippen molar-refractivity contribution in [2.45, 2.75) is 0 Å². The Morgan fingerprint density at radius 1 is 1.33 bits per heavy atom. The summed E-state index contributed by atoms with van der Waals surface area (Å²) in [4.78, 5) is 26.6. The van der Waals surface area contributed by atoms with E-state index in [-0.39, 0.29) is 12.3 Å². The average molecular weight is 209 g/mol. The summed E-state index contributed by atoms with van der Waals surface area (Å²) < 4.78 is 0. The molecule has 0 aliphatic heterocycles. The van der Waals surface area contributed by atoms with Crippen molar-refractivity contribution in [1.29, 1.82) is 0 Å². The topological polar surface area (TPSA) is 66.8 Å². The van der Waals surface area contributed by atoms with Gasteiger partial charge in [0.2, 0.25) is 0 Å². The van der Waals surface area contributed by atoms with E-state index in [0.717, 1.165) is 0 Å². The van der Waals surface area contributed by atoms with Crippen LogP contribution in [0.4, 0.5) is 4.79 Å². The van der Waals surface area contributed by atoms with Crippen LogP contribution in [0.5, 0.6) is 0 Å². The van der Waals surface area contributed by atoms with Crippen molar-refractivity contribution in [3.63, 3.8) is 0 Å². The number of carboxylic acid groups (broad SMARTS) is 1. The predicted molar refractivity (Wildman–Crippen MR) is 52.5 cm³/mol. The number of nitrogens with zero attached hydrogens (tertiary/aromatic N) is 1. The fourth-order valence-electron chi connectivity index (χ4n) is 1.06. The second kappa shape index (κ2) is 5.11. The van der Waals surface area contributed by atoms with Gasteiger partial charge >= 0.3 is 6.09 Å². The van der Waals surface area contributed by atoms with Crippen LogP contribution in [-0.2, 0) is 4.84 Å². The number of carbonyl (C=O) groups is 2. The summed E-state index contributed by atoms with van der Waals surface area (Å²) in [7, 11) is 1.20. The van der Waals surface area contributed by atoms with E-state index in [0.29, 0.717) is 10.6 Å². The largest absolute Gasteiger partial charge is 0.463 e. The molecular weight excluding hydrogens is 198 g/mol. The van der Waals surface area contributed by atoms with E-state index in [1.807, 2.05) is 0 Å². The Morgan fingerprint density at radius 3 is 2.40 bits per heavy atom. The molecule has 1 aromatic rings. The van der Waals surface area contributed by atoms with Crippen LogP contribution in [0.2, 0.25) is 0 Å². The molecule has 0 bridgehead atoms. The smallest absolute Gasteiger partial charge is 0.431 e. The molecule has 0 saturated carbocycles. The third kappa shape index (κ3) is 3.07. The molecule has 0 radical (unpaired) electrons. The molecule has 0 aliphatic carbocycles. The predicted octanol–water partition coefficient (Wildman–Crippen LogP) is 1.41. The molecule has 1 rings (SSSR count). The molecule has 80 valence electrons. The quantitative estimate of drug-likeness (QED) is 0.601. The number of hydroxylamine groups is 2. The normalized spacial score (nSPS) is 9.67. The Labute approximate surface area is 86.8 Å². The monoisotopic (exact) mass is 209 g/mol. The second-order valence-electron chi connectivity index (χ2n) is 2.79. The Morgan fingerprint density at radius 2 is 1.93 bits per heavy atom. The highest BCUT2D eigenvalue weighted by atomic mass is 16.7. The molecule has 1 aromatic carbocycles. The highest BCUT2D eigenvalue weighted by molar-refractivity contribution is 5.98. The minimum atomic E-state index is -1.29. The number of Topliss-reactive ketones (excluding diaryl/α,β-unsaturated/α-hetero) is 1. The van der Waals surface area contributed by atoms with E-state index < -0.39 is 6.09 Å². The molecule has 1 N–H and O–H groups in total. The number of amides is 1. The molecule has 0 unspecified atom stereocenters. The summed E-state index contributed by atoms with van der Waals surface area (Å²) in [5.74, 6) is -0.306. The van der Waals surface area contributed by atoms with Crippen LogP contribution in [0.3, 0.4) is 0 Å². The Balaban J connectivity index is 2.67. The lowest BCUT2D eigenvalue weighted by Crippen LogP contribution is -2.33. The summed E-state index contributed by atoms with van der Waals surface area (Å²) >= 11 is 0. The maximum atomic E-state index is 11.5. The SMILES string of the molecule is CON(CC(=O)c1ccccc1)C(=O)O. The number of benzene rings is 1. The van der Waals surface area contributed by atoms with E-state index in [1.54, 1.807) is 30.3 Å². The molecule has 0 aromatic heterocycles. The first-order chi connectivity index (χ1) is 7.15. The van der Waals surface area contributed by atoms with E-state index in [1.165, 1.54) is 7.11 Å². The third-order valence-electron chi connectivity index (χ3n) is 1.82. The molecule has 0 fully saturated rings. The zero-order valence-electron chi connectivity index (χ0n) is 8.21. The first kappa shape index (κ1) is 11.2. The van der Waals surface area contributed by atoms with Crippen molar-refractivity contribution in [2.24, 2.45) is 0 Å². The molecule has 0 saturated heterocycles. The van der Waals surface area contributed by atoms with Gasteiger partial charge in [-0.2, -0.15) is 5.06 Å². The lowest BCUT2D eigenvalue weighted by atomic mass is 10.1. The van der Waals surface area contributed by atoms with Crippen LogP contribution >= 0.6 is 0 Å². The van der Waals surface area contributed by atoms with Gasteiger partial charge in [-0.15, -0.1) is 0 Å². The van der Waals surface area contributed by atoms with Crippen molar-refractivity contribution in [2.75, 3.05) is 13.7 Å². The summed E-state index contributed by atoms with van der Waals surface area (Å²) in [6.07, 6.45) is -1.29. The highest BCUT2D eigenvalue weighted by Crippen LogP contribution is 2.02. The maximum Gasteiger partial charge on any atom is 0.431 e. The number of ketones is 1. The van der Waals surface area contributed by atoms with Gasteiger partial charge in [-0.1, -0.05) is 30.3 Å². The number of hydrogen-bond acceptors (Lipinski definition) is 3. The second-order valence-corrected chi connectivity index (χ2v) is 2.79. The van der Waals surface area contributed by atoms with E-state index in [2.05, 4.69) is 4.84 Å². The summed E-state index contributed by atoms with van der Waals surface area (Å²) in [5.41, 5.74) is 0.459. The molecule has 0 aliphatic rings. The number of rotatable bonds is 4. The molecular formula is C10H11NO4.